The van der Waals surface area contributed by atoms with Crippen LogP contribution < -0.4 is 5.32 Å². The van der Waals surface area contributed by atoms with Gasteiger partial charge in [-0.25, -0.2) is 13.2 Å². The Hall–Kier alpha value is -1.60. The second kappa shape index (κ2) is 7.60. The molecule has 7 heteroatoms. The van der Waals surface area contributed by atoms with Crippen molar-refractivity contribution in [2.24, 2.45) is 0 Å². The van der Waals surface area contributed by atoms with Crippen LogP contribution in [0.3, 0.4) is 0 Å². The van der Waals surface area contributed by atoms with Gasteiger partial charge in [-0.3, -0.25) is 0 Å². The molecule has 0 aliphatic carbocycles. The highest BCUT2D eigenvalue weighted by atomic mass is 32.2. The molecule has 0 unspecified atom stereocenters. The molecule has 1 aromatic rings. The molecule has 1 saturated heterocycles. The number of nitrogens with zero attached hydrogens (tertiary/aromatic N) is 2. The standard InChI is InChI=1S/C15H23N3O3S/c1-2-9-16-15(19)17-10-6-11-18(13-12-17)22(20,21)14-7-4-3-5-8-14/h3-5,7-8H,2,6,9-13H2,1H3,(H,16,19). The number of benzene rings is 1. The van der Waals surface area contributed by atoms with Crippen molar-refractivity contribution in [3.63, 3.8) is 0 Å². The van der Waals surface area contributed by atoms with Crippen LogP contribution in [-0.2, 0) is 10.0 Å². The minimum absolute atomic E-state index is 0.110. The van der Waals surface area contributed by atoms with Gasteiger partial charge in [-0.2, -0.15) is 4.31 Å². The number of amides is 2. The van der Waals surface area contributed by atoms with Crippen molar-refractivity contribution in [2.75, 3.05) is 32.7 Å². The second-order valence-corrected chi connectivity index (χ2v) is 7.23. The average molecular weight is 325 g/mol. The summed E-state index contributed by atoms with van der Waals surface area (Å²) in [5.74, 6) is 0. The highest BCUT2D eigenvalue weighted by Crippen LogP contribution is 2.17. The van der Waals surface area contributed by atoms with Gasteiger partial charge in [0.15, 0.2) is 0 Å². The third kappa shape index (κ3) is 3.98. The van der Waals surface area contributed by atoms with E-state index in [0.717, 1.165) is 6.42 Å². The summed E-state index contributed by atoms with van der Waals surface area (Å²) in [5, 5.41) is 2.83. The Labute approximate surface area is 132 Å². The fourth-order valence-corrected chi connectivity index (χ4v) is 3.91. The first-order valence-electron chi connectivity index (χ1n) is 7.63. The fourth-order valence-electron chi connectivity index (χ4n) is 2.42. The Bertz CT molecular complexity index is 589. The largest absolute Gasteiger partial charge is 0.338 e. The van der Waals surface area contributed by atoms with Crippen LogP contribution in [0.25, 0.3) is 0 Å². The fraction of sp³-hybridized carbons (Fsp3) is 0.533. The maximum absolute atomic E-state index is 12.6. The summed E-state index contributed by atoms with van der Waals surface area (Å²) in [7, 11) is -3.48. The Morgan fingerprint density at radius 3 is 2.55 bits per heavy atom. The Kier molecular flexibility index (Phi) is 5.79. The molecule has 1 aliphatic heterocycles. The van der Waals surface area contributed by atoms with Crippen LogP contribution in [-0.4, -0.2) is 56.4 Å². The molecule has 0 atom stereocenters. The third-order valence-corrected chi connectivity index (χ3v) is 5.56. The van der Waals surface area contributed by atoms with Gasteiger partial charge in [0.2, 0.25) is 10.0 Å². The zero-order valence-electron chi connectivity index (χ0n) is 12.9. The van der Waals surface area contributed by atoms with E-state index in [-0.39, 0.29) is 6.03 Å². The van der Waals surface area contributed by atoms with Crippen LogP contribution in [0.4, 0.5) is 4.79 Å². The lowest BCUT2D eigenvalue weighted by Gasteiger charge is -2.22. The molecule has 0 aromatic heterocycles. The molecule has 1 aliphatic rings. The summed E-state index contributed by atoms with van der Waals surface area (Å²) in [6.07, 6.45) is 1.53. The number of nitrogens with one attached hydrogen (secondary N) is 1. The lowest BCUT2D eigenvalue weighted by Crippen LogP contribution is -2.42. The molecule has 1 N–H and O–H groups in total. The molecule has 1 heterocycles. The van der Waals surface area contributed by atoms with Gasteiger partial charge in [-0.05, 0) is 25.0 Å². The van der Waals surface area contributed by atoms with E-state index in [4.69, 9.17) is 0 Å². The molecule has 6 nitrogen and oxygen atoms in total. The Morgan fingerprint density at radius 1 is 1.14 bits per heavy atom. The van der Waals surface area contributed by atoms with Crippen molar-refractivity contribution in [3.05, 3.63) is 30.3 Å². The van der Waals surface area contributed by atoms with E-state index in [2.05, 4.69) is 5.32 Å². The van der Waals surface area contributed by atoms with Crippen molar-refractivity contribution in [1.29, 1.82) is 0 Å². The average Bonchev–Trinajstić information content (AvgIpc) is 2.80. The summed E-state index contributed by atoms with van der Waals surface area (Å²) < 4.78 is 26.7. The van der Waals surface area contributed by atoms with Gasteiger partial charge >= 0.3 is 6.03 Å². The number of urea groups is 1. The first-order chi connectivity index (χ1) is 10.6. The van der Waals surface area contributed by atoms with Crippen molar-refractivity contribution in [2.45, 2.75) is 24.7 Å². The van der Waals surface area contributed by atoms with Crippen LogP contribution >= 0.6 is 0 Å². The number of carbonyl (C=O) groups excluding carboxylic acids is 1. The summed E-state index contributed by atoms with van der Waals surface area (Å²) in [6, 6.07) is 8.32. The summed E-state index contributed by atoms with van der Waals surface area (Å²) >= 11 is 0. The molecule has 0 bridgehead atoms. The SMILES string of the molecule is CCCNC(=O)N1CCCN(S(=O)(=O)c2ccccc2)CC1. The van der Waals surface area contributed by atoms with E-state index in [1.165, 1.54) is 4.31 Å². The summed E-state index contributed by atoms with van der Waals surface area (Å²) in [5.41, 5.74) is 0. The monoisotopic (exact) mass is 325 g/mol. The maximum Gasteiger partial charge on any atom is 0.317 e. The molecule has 1 fully saturated rings. The molecular formula is C15H23N3O3S. The van der Waals surface area contributed by atoms with E-state index < -0.39 is 10.0 Å². The van der Waals surface area contributed by atoms with E-state index in [0.29, 0.717) is 44.0 Å². The summed E-state index contributed by atoms with van der Waals surface area (Å²) in [4.78, 5) is 14.0. The molecule has 1 aromatic carbocycles. The molecule has 0 radical (unpaired) electrons. The van der Waals surface area contributed by atoms with Crippen LogP contribution in [0.15, 0.2) is 35.2 Å². The Morgan fingerprint density at radius 2 is 1.86 bits per heavy atom. The van der Waals surface area contributed by atoms with Gasteiger partial charge in [0.25, 0.3) is 0 Å². The van der Waals surface area contributed by atoms with Crippen molar-refractivity contribution in [1.82, 2.24) is 14.5 Å². The van der Waals surface area contributed by atoms with Crippen LogP contribution in [0.1, 0.15) is 19.8 Å². The van der Waals surface area contributed by atoms with Gasteiger partial charge < -0.3 is 10.2 Å². The first-order valence-corrected chi connectivity index (χ1v) is 9.07. The smallest absolute Gasteiger partial charge is 0.317 e. The quantitative estimate of drug-likeness (QED) is 0.912. The molecule has 22 heavy (non-hydrogen) atoms. The minimum atomic E-state index is -3.48. The van der Waals surface area contributed by atoms with E-state index in [1.807, 2.05) is 6.92 Å². The number of hydrogen-bond donors (Lipinski definition) is 1. The van der Waals surface area contributed by atoms with Gasteiger partial charge in [-0.1, -0.05) is 25.1 Å². The highest BCUT2D eigenvalue weighted by Gasteiger charge is 2.27. The van der Waals surface area contributed by atoms with E-state index >= 15 is 0 Å². The highest BCUT2D eigenvalue weighted by molar-refractivity contribution is 7.89. The number of hydrogen-bond acceptors (Lipinski definition) is 3. The van der Waals surface area contributed by atoms with Crippen molar-refractivity contribution < 1.29 is 13.2 Å². The van der Waals surface area contributed by atoms with E-state index in [9.17, 15) is 13.2 Å². The van der Waals surface area contributed by atoms with Gasteiger partial charge in [-0.15, -0.1) is 0 Å². The number of rotatable bonds is 4. The lowest BCUT2D eigenvalue weighted by atomic mass is 10.4. The normalized spacial score (nSPS) is 17.0. The van der Waals surface area contributed by atoms with Crippen LogP contribution in [0.2, 0.25) is 0 Å². The molecule has 122 valence electrons. The zero-order chi connectivity index (χ0) is 16.0. The lowest BCUT2D eigenvalue weighted by molar-refractivity contribution is 0.200. The maximum atomic E-state index is 12.6. The molecule has 0 saturated carbocycles. The Balaban J connectivity index is 2.03. The van der Waals surface area contributed by atoms with E-state index in [1.54, 1.807) is 35.2 Å². The molecule has 2 amide bonds. The van der Waals surface area contributed by atoms with Gasteiger partial charge in [0, 0.05) is 32.7 Å². The zero-order valence-corrected chi connectivity index (χ0v) is 13.7. The minimum Gasteiger partial charge on any atom is -0.338 e. The van der Waals surface area contributed by atoms with Crippen molar-refractivity contribution >= 4 is 16.1 Å². The third-order valence-electron chi connectivity index (χ3n) is 3.65. The number of carbonyl (C=O) groups is 1. The molecule has 0 spiro atoms. The van der Waals surface area contributed by atoms with Crippen LogP contribution in [0, 0.1) is 0 Å². The molecular weight excluding hydrogens is 302 g/mol. The predicted octanol–water partition coefficient (Wildman–Crippen LogP) is 1.50. The van der Waals surface area contributed by atoms with Gasteiger partial charge in [0.1, 0.15) is 0 Å². The predicted molar refractivity (Wildman–Crippen MR) is 85.1 cm³/mol. The van der Waals surface area contributed by atoms with Crippen molar-refractivity contribution in [3.8, 4) is 0 Å². The number of sulfonamides is 1. The summed E-state index contributed by atoms with van der Waals surface area (Å²) in [6.45, 7) is 4.40. The second-order valence-electron chi connectivity index (χ2n) is 5.29. The van der Waals surface area contributed by atoms with Gasteiger partial charge in [0.05, 0.1) is 4.90 Å². The first kappa shape index (κ1) is 16.8. The van der Waals surface area contributed by atoms with Crippen LogP contribution in [0.5, 0.6) is 0 Å². The topological polar surface area (TPSA) is 69.7 Å². The molecule has 2 rings (SSSR count).